The summed E-state index contributed by atoms with van der Waals surface area (Å²) >= 11 is 0. The number of fused-ring (bicyclic) bond motifs is 2. The Kier molecular flexibility index (Phi) is 6.18. The van der Waals surface area contributed by atoms with Gasteiger partial charge in [0.1, 0.15) is 0 Å². The SMILES string of the molecule is CC1(C)[C@@H]2C[C@H]1C(=O)C=C2CO.CC1(C)[C@@H]2C[C@H]1C(O)C=C2CO.CO. The van der Waals surface area contributed by atoms with Gasteiger partial charge in [-0.15, -0.1) is 0 Å². The van der Waals surface area contributed by atoms with Gasteiger partial charge in [-0.25, -0.2) is 0 Å². The van der Waals surface area contributed by atoms with Crippen LogP contribution in [0.4, 0.5) is 0 Å². The van der Waals surface area contributed by atoms with Gasteiger partial charge in [0.05, 0.1) is 19.3 Å². The molecule has 6 aliphatic carbocycles. The van der Waals surface area contributed by atoms with Gasteiger partial charge in [0.25, 0.3) is 0 Å². The zero-order valence-corrected chi connectivity index (χ0v) is 16.6. The Morgan fingerprint density at radius 3 is 1.85 bits per heavy atom. The average Bonchev–Trinajstić information content (AvgIpc) is 2.61. The van der Waals surface area contributed by atoms with E-state index in [2.05, 4.69) is 27.7 Å². The maximum Gasteiger partial charge on any atom is 0.159 e. The number of ketones is 1. The molecule has 1 unspecified atom stereocenters. The molecule has 0 saturated heterocycles. The van der Waals surface area contributed by atoms with Crippen molar-refractivity contribution >= 4 is 5.78 Å². The molecule has 148 valence electrons. The number of carbonyl (C=O) groups excluding carboxylic acids is 1. The standard InChI is InChI=1S/C10H16O2.C10H14O2.CH4O/c2*1-10(2)7-4-8(10)9(12)3-6(7)5-11;1-2/h3,7-9,11-12H,4-5H2,1-2H3;3,7-8,11H,4-5H2,1-2H3;2H,1H3/t7-,8+,9?;7-,8+;/m11./s1. The van der Waals surface area contributed by atoms with E-state index in [1.807, 2.05) is 6.08 Å². The number of carbonyl (C=O) groups is 1. The van der Waals surface area contributed by atoms with Crippen molar-refractivity contribution < 1.29 is 25.2 Å². The molecule has 5 heteroatoms. The summed E-state index contributed by atoms with van der Waals surface area (Å²) in [5.41, 5.74) is 2.28. The maximum absolute atomic E-state index is 11.4. The fourth-order valence-corrected chi connectivity index (χ4v) is 5.36. The molecule has 0 amide bonds. The second-order valence-electron chi connectivity index (χ2n) is 9.05. The first-order chi connectivity index (χ1) is 12.1. The minimum Gasteiger partial charge on any atom is -0.400 e. The molecule has 0 aromatic carbocycles. The molecule has 4 bridgehead atoms. The largest absolute Gasteiger partial charge is 0.400 e. The highest BCUT2D eigenvalue weighted by Crippen LogP contribution is 2.59. The summed E-state index contributed by atoms with van der Waals surface area (Å²) in [6, 6.07) is 0. The Morgan fingerprint density at radius 2 is 1.46 bits per heavy atom. The molecule has 6 aliphatic rings. The number of hydrogen-bond donors (Lipinski definition) is 4. The van der Waals surface area contributed by atoms with Crippen molar-refractivity contribution in [3.05, 3.63) is 23.3 Å². The van der Waals surface area contributed by atoms with Crippen LogP contribution in [0.5, 0.6) is 0 Å². The molecular weight excluding hydrogens is 332 g/mol. The van der Waals surface area contributed by atoms with Crippen LogP contribution in [-0.2, 0) is 4.79 Å². The lowest BCUT2D eigenvalue weighted by atomic mass is 9.48. The molecule has 0 aromatic heterocycles. The van der Waals surface area contributed by atoms with Gasteiger partial charge in [0.15, 0.2) is 5.78 Å². The Balaban J connectivity index is 0.000000171. The first-order valence-electron chi connectivity index (χ1n) is 9.44. The molecule has 6 rings (SSSR count). The monoisotopic (exact) mass is 366 g/mol. The van der Waals surface area contributed by atoms with E-state index in [9.17, 15) is 9.90 Å². The van der Waals surface area contributed by atoms with Gasteiger partial charge >= 0.3 is 0 Å². The summed E-state index contributed by atoms with van der Waals surface area (Å²) in [7, 11) is 1.00. The lowest BCUT2D eigenvalue weighted by Crippen LogP contribution is -2.54. The van der Waals surface area contributed by atoms with E-state index < -0.39 is 0 Å². The molecule has 0 aliphatic heterocycles. The quantitative estimate of drug-likeness (QED) is 0.558. The summed E-state index contributed by atoms with van der Waals surface area (Å²) in [6.45, 7) is 8.75. The average molecular weight is 366 g/mol. The van der Waals surface area contributed by atoms with E-state index >= 15 is 0 Å². The lowest BCUT2D eigenvalue weighted by Gasteiger charge is -2.57. The van der Waals surface area contributed by atoms with E-state index in [0.717, 1.165) is 31.1 Å². The molecule has 5 atom stereocenters. The first-order valence-corrected chi connectivity index (χ1v) is 9.44. The molecule has 0 aromatic rings. The van der Waals surface area contributed by atoms with Crippen LogP contribution in [0.3, 0.4) is 0 Å². The molecule has 0 heterocycles. The summed E-state index contributed by atoms with van der Waals surface area (Å²) < 4.78 is 0. The zero-order chi connectivity index (χ0) is 19.9. The molecule has 0 radical (unpaired) electrons. The summed E-state index contributed by atoms with van der Waals surface area (Å²) in [5.74, 6) is 1.81. The Bertz CT molecular complexity index is 602. The zero-order valence-electron chi connectivity index (χ0n) is 16.6. The topological polar surface area (TPSA) is 98.0 Å². The van der Waals surface area contributed by atoms with E-state index in [0.29, 0.717) is 17.8 Å². The van der Waals surface area contributed by atoms with Crippen LogP contribution in [0.1, 0.15) is 40.5 Å². The van der Waals surface area contributed by atoms with Gasteiger partial charge in [-0.05, 0) is 58.6 Å². The van der Waals surface area contributed by atoms with Crippen LogP contribution in [0, 0.1) is 34.5 Å². The molecule has 4 N–H and O–H groups in total. The second kappa shape index (κ2) is 7.55. The van der Waals surface area contributed by atoms with Gasteiger partial charge in [-0.1, -0.05) is 33.8 Å². The van der Waals surface area contributed by atoms with Crippen molar-refractivity contribution in [3.8, 4) is 0 Å². The number of hydrogen-bond acceptors (Lipinski definition) is 5. The van der Waals surface area contributed by atoms with Crippen molar-refractivity contribution in [1.29, 1.82) is 0 Å². The number of allylic oxidation sites excluding steroid dienone is 1. The van der Waals surface area contributed by atoms with Crippen LogP contribution in [-0.4, -0.2) is 52.6 Å². The van der Waals surface area contributed by atoms with Crippen LogP contribution in [0.2, 0.25) is 0 Å². The highest BCUT2D eigenvalue weighted by molar-refractivity contribution is 5.96. The summed E-state index contributed by atoms with van der Waals surface area (Å²) in [6.07, 6.45) is 5.17. The van der Waals surface area contributed by atoms with Crippen LogP contribution in [0.25, 0.3) is 0 Å². The number of aliphatic hydroxyl groups is 4. The Labute approximate surface area is 156 Å². The minimum atomic E-state index is -0.327. The third kappa shape index (κ3) is 3.19. The fraction of sp³-hybridized carbons (Fsp3) is 0.762. The van der Waals surface area contributed by atoms with E-state index in [1.54, 1.807) is 6.08 Å². The normalized spacial score (nSPS) is 37.4. The summed E-state index contributed by atoms with van der Waals surface area (Å²) in [4.78, 5) is 11.4. The van der Waals surface area contributed by atoms with Gasteiger partial charge in [-0.2, -0.15) is 0 Å². The van der Waals surface area contributed by atoms with Crippen molar-refractivity contribution in [1.82, 2.24) is 0 Å². The summed E-state index contributed by atoms with van der Waals surface area (Å²) in [5, 5.41) is 34.7. The molecule has 26 heavy (non-hydrogen) atoms. The Morgan fingerprint density at radius 1 is 0.923 bits per heavy atom. The highest BCUT2D eigenvalue weighted by Gasteiger charge is 2.55. The fourth-order valence-electron chi connectivity index (χ4n) is 5.36. The predicted octanol–water partition coefficient (Wildman–Crippen LogP) is 1.70. The van der Waals surface area contributed by atoms with Crippen LogP contribution in [0.15, 0.2) is 23.3 Å². The molecule has 2 saturated carbocycles. The van der Waals surface area contributed by atoms with Gasteiger partial charge < -0.3 is 20.4 Å². The van der Waals surface area contributed by atoms with E-state index in [-0.39, 0.29) is 41.8 Å². The number of aliphatic hydroxyl groups excluding tert-OH is 4. The first kappa shape index (κ1) is 21.3. The van der Waals surface area contributed by atoms with Gasteiger partial charge in [-0.3, -0.25) is 4.79 Å². The minimum absolute atomic E-state index is 0.0482. The smallest absolute Gasteiger partial charge is 0.159 e. The van der Waals surface area contributed by atoms with Crippen molar-refractivity contribution in [2.75, 3.05) is 20.3 Å². The molecule has 0 spiro atoms. The lowest BCUT2D eigenvalue weighted by molar-refractivity contribution is -0.134. The van der Waals surface area contributed by atoms with Gasteiger partial charge in [0.2, 0.25) is 0 Å². The van der Waals surface area contributed by atoms with Crippen molar-refractivity contribution in [2.45, 2.75) is 46.6 Å². The third-order valence-corrected chi connectivity index (χ3v) is 7.34. The molecular formula is C21H34O5. The van der Waals surface area contributed by atoms with Crippen LogP contribution < -0.4 is 0 Å². The molecule has 5 nitrogen and oxygen atoms in total. The highest BCUT2D eigenvalue weighted by atomic mass is 16.3. The predicted molar refractivity (Wildman–Crippen MR) is 100 cm³/mol. The molecule has 2 fully saturated rings. The van der Waals surface area contributed by atoms with E-state index in [1.165, 1.54) is 0 Å². The van der Waals surface area contributed by atoms with Crippen LogP contribution >= 0.6 is 0 Å². The Hall–Kier alpha value is -1.01. The number of rotatable bonds is 2. The third-order valence-electron chi connectivity index (χ3n) is 7.34. The van der Waals surface area contributed by atoms with E-state index in [4.69, 9.17) is 15.3 Å². The second-order valence-corrected chi connectivity index (χ2v) is 9.05. The van der Waals surface area contributed by atoms with Gasteiger partial charge in [0, 0.05) is 13.0 Å². The maximum atomic E-state index is 11.4. The van der Waals surface area contributed by atoms with Crippen molar-refractivity contribution in [3.63, 3.8) is 0 Å². The van der Waals surface area contributed by atoms with Crippen molar-refractivity contribution in [2.24, 2.45) is 34.5 Å².